The largest absolute Gasteiger partial charge is 0.490 e. The number of nitrogens with one attached hydrogen (secondary N) is 1. The molecule has 0 saturated carbocycles. The number of amidine groups is 1. The molecule has 0 atom stereocenters. The van der Waals surface area contributed by atoms with Crippen LogP contribution in [0.1, 0.15) is 18.1 Å². The second-order valence-electron chi connectivity index (χ2n) is 7.55. The number of halogens is 2. The van der Waals surface area contributed by atoms with Gasteiger partial charge in [-0.15, -0.1) is 0 Å². The van der Waals surface area contributed by atoms with E-state index in [2.05, 4.69) is 26.2 Å². The summed E-state index contributed by atoms with van der Waals surface area (Å²) < 4.78 is 38.3. The minimum atomic E-state index is -4.07. The monoisotopic (exact) mass is 698 g/mol. The van der Waals surface area contributed by atoms with Crippen LogP contribution in [0.15, 0.2) is 79.9 Å². The molecule has 1 heterocycles. The Morgan fingerprint density at radius 2 is 1.86 bits per heavy atom. The molecular formula is C25H20BrIN2O5S2. The highest BCUT2D eigenvalue weighted by atomic mass is 127. The first-order valence-electron chi connectivity index (χ1n) is 10.7. The minimum absolute atomic E-state index is 0.0495. The van der Waals surface area contributed by atoms with Gasteiger partial charge in [0.05, 0.1) is 20.8 Å². The van der Waals surface area contributed by atoms with Gasteiger partial charge in [-0.1, -0.05) is 29.8 Å². The molecule has 7 nitrogen and oxygen atoms in total. The number of para-hydroxylation sites is 1. The summed E-state index contributed by atoms with van der Waals surface area (Å²) in [6.45, 7) is 3.97. The molecule has 0 bridgehead atoms. The van der Waals surface area contributed by atoms with Gasteiger partial charge in [0.2, 0.25) is 0 Å². The highest BCUT2D eigenvalue weighted by Gasteiger charge is 2.26. The number of carbonyl (C=O) groups is 1. The number of hydrogen-bond donors (Lipinski definition) is 1. The van der Waals surface area contributed by atoms with E-state index in [1.807, 2.05) is 53.8 Å². The Bertz CT molecular complexity index is 1490. The number of hydrogen-bond acceptors (Lipinski definition) is 7. The number of rotatable bonds is 7. The van der Waals surface area contributed by atoms with Crippen LogP contribution in [0.3, 0.4) is 0 Å². The molecule has 36 heavy (non-hydrogen) atoms. The lowest BCUT2D eigenvalue weighted by Gasteiger charge is -2.14. The van der Waals surface area contributed by atoms with Gasteiger partial charge in [-0.05, 0) is 112 Å². The zero-order valence-electron chi connectivity index (χ0n) is 19.1. The van der Waals surface area contributed by atoms with Crippen LogP contribution in [0, 0.1) is 10.5 Å². The van der Waals surface area contributed by atoms with Crippen LogP contribution in [0.25, 0.3) is 6.08 Å². The summed E-state index contributed by atoms with van der Waals surface area (Å²) in [6, 6.07) is 17.3. The smallest absolute Gasteiger partial charge is 0.339 e. The molecule has 0 aliphatic carbocycles. The number of aryl methyl sites for hydroxylation is 1. The van der Waals surface area contributed by atoms with Gasteiger partial charge in [0.1, 0.15) is 4.90 Å². The van der Waals surface area contributed by atoms with Gasteiger partial charge in [-0.3, -0.25) is 4.79 Å². The van der Waals surface area contributed by atoms with E-state index in [0.29, 0.717) is 31.5 Å². The van der Waals surface area contributed by atoms with Gasteiger partial charge < -0.3 is 14.2 Å². The molecule has 1 saturated heterocycles. The molecule has 1 aliphatic heterocycles. The molecule has 1 aliphatic rings. The van der Waals surface area contributed by atoms with Crippen molar-refractivity contribution in [1.82, 2.24) is 5.32 Å². The number of aliphatic imine (C=N–C) groups is 1. The van der Waals surface area contributed by atoms with Gasteiger partial charge in [0.15, 0.2) is 16.7 Å². The third-order valence-electron chi connectivity index (χ3n) is 4.86. The van der Waals surface area contributed by atoms with Crippen molar-refractivity contribution in [2.75, 3.05) is 6.61 Å². The molecule has 0 aromatic heterocycles. The fourth-order valence-corrected chi connectivity index (χ4v) is 6.21. The van der Waals surface area contributed by atoms with Crippen molar-refractivity contribution in [2.45, 2.75) is 18.7 Å². The predicted octanol–water partition coefficient (Wildman–Crippen LogP) is 6.42. The Kier molecular flexibility index (Phi) is 8.43. The van der Waals surface area contributed by atoms with Gasteiger partial charge in [-0.2, -0.15) is 8.42 Å². The van der Waals surface area contributed by atoms with E-state index in [1.54, 1.807) is 37.3 Å². The zero-order valence-corrected chi connectivity index (χ0v) is 24.5. The van der Waals surface area contributed by atoms with E-state index >= 15 is 0 Å². The minimum Gasteiger partial charge on any atom is -0.490 e. The number of carbonyl (C=O) groups excluding carboxylic acids is 1. The van der Waals surface area contributed by atoms with Crippen LogP contribution < -0.4 is 14.2 Å². The third kappa shape index (κ3) is 6.31. The lowest BCUT2D eigenvalue weighted by molar-refractivity contribution is -0.115. The molecule has 186 valence electrons. The molecule has 0 spiro atoms. The van der Waals surface area contributed by atoms with Crippen molar-refractivity contribution in [3.05, 3.63) is 84.7 Å². The second kappa shape index (κ2) is 11.4. The van der Waals surface area contributed by atoms with Crippen molar-refractivity contribution in [2.24, 2.45) is 4.99 Å². The Morgan fingerprint density at radius 3 is 2.56 bits per heavy atom. The molecule has 4 rings (SSSR count). The Balaban J connectivity index is 1.63. The molecule has 1 N–H and O–H groups in total. The lowest BCUT2D eigenvalue weighted by Crippen LogP contribution is -2.19. The number of thioether (sulfide) groups is 1. The molecule has 0 radical (unpaired) electrons. The summed E-state index contributed by atoms with van der Waals surface area (Å²) in [6.07, 6.45) is 1.70. The summed E-state index contributed by atoms with van der Waals surface area (Å²) >= 11 is 6.66. The SMILES string of the molecule is CCOc1cc(/C=C2/SC(=Nc3ccccc3Br)NC2=O)cc(I)c1OS(=O)(=O)c1ccc(C)cc1. The molecular weight excluding hydrogens is 679 g/mol. The fraction of sp³-hybridized carbons (Fsp3) is 0.120. The van der Waals surface area contributed by atoms with Crippen LogP contribution in [-0.2, 0) is 14.9 Å². The maximum atomic E-state index is 12.9. The Hall–Kier alpha value is -2.35. The Labute approximate surface area is 235 Å². The molecule has 1 amide bonds. The first-order valence-corrected chi connectivity index (χ1v) is 14.8. The maximum Gasteiger partial charge on any atom is 0.339 e. The molecule has 3 aromatic carbocycles. The van der Waals surface area contributed by atoms with Gasteiger partial charge >= 0.3 is 10.1 Å². The number of benzene rings is 3. The van der Waals surface area contributed by atoms with Crippen LogP contribution in [0.2, 0.25) is 0 Å². The van der Waals surface area contributed by atoms with E-state index in [-0.39, 0.29) is 22.3 Å². The number of ether oxygens (including phenoxy) is 1. The molecule has 3 aromatic rings. The standard InChI is InChI=1S/C25H20BrIN2O5S2/c1-3-33-21-13-16(12-19(27)23(21)34-36(31,32)17-10-8-15(2)9-11-17)14-22-24(30)29-25(35-22)28-20-7-5-4-6-18(20)26/h4-14H,3H2,1-2H3,(H,28,29,30)/b22-14+. The topological polar surface area (TPSA) is 94.1 Å². The van der Waals surface area contributed by atoms with Crippen molar-refractivity contribution in [3.63, 3.8) is 0 Å². The first kappa shape index (κ1) is 26.7. The van der Waals surface area contributed by atoms with Crippen LogP contribution >= 0.6 is 50.3 Å². The van der Waals surface area contributed by atoms with Crippen LogP contribution in [0.5, 0.6) is 11.5 Å². The summed E-state index contributed by atoms with van der Waals surface area (Å²) in [5, 5.41) is 3.23. The van der Waals surface area contributed by atoms with Gasteiger partial charge in [0, 0.05) is 4.47 Å². The highest BCUT2D eigenvalue weighted by Crippen LogP contribution is 2.38. The number of nitrogens with zero attached hydrogens (tertiary/aromatic N) is 1. The third-order valence-corrected chi connectivity index (χ3v) is 8.47. The summed E-state index contributed by atoms with van der Waals surface area (Å²) in [5.74, 6) is 0.0818. The molecule has 0 unspecified atom stereocenters. The number of amides is 1. The van der Waals surface area contributed by atoms with Crippen molar-refractivity contribution < 1.29 is 22.1 Å². The van der Waals surface area contributed by atoms with E-state index in [9.17, 15) is 13.2 Å². The van der Waals surface area contributed by atoms with E-state index < -0.39 is 10.1 Å². The first-order chi connectivity index (χ1) is 17.2. The fourth-order valence-electron chi connectivity index (χ4n) is 3.16. The van der Waals surface area contributed by atoms with Gasteiger partial charge in [-0.25, -0.2) is 4.99 Å². The maximum absolute atomic E-state index is 12.9. The summed E-state index contributed by atoms with van der Waals surface area (Å²) in [5.41, 5.74) is 2.29. The van der Waals surface area contributed by atoms with Crippen molar-refractivity contribution in [1.29, 1.82) is 0 Å². The molecule has 11 heteroatoms. The van der Waals surface area contributed by atoms with Crippen molar-refractivity contribution in [3.8, 4) is 11.5 Å². The zero-order chi connectivity index (χ0) is 25.9. The van der Waals surface area contributed by atoms with Crippen LogP contribution in [-0.4, -0.2) is 26.1 Å². The Morgan fingerprint density at radius 1 is 1.14 bits per heavy atom. The highest BCUT2D eigenvalue weighted by molar-refractivity contribution is 14.1. The average molecular weight is 699 g/mol. The van der Waals surface area contributed by atoms with Gasteiger partial charge in [0.25, 0.3) is 5.91 Å². The normalized spacial score (nSPS) is 15.8. The summed E-state index contributed by atoms with van der Waals surface area (Å²) in [4.78, 5) is 17.6. The van der Waals surface area contributed by atoms with E-state index in [0.717, 1.165) is 10.0 Å². The average Bonchev–Trinajstić information content (AvgIpc) is 3.16. The predicted molar refractivity (Wildman–Crippen MR) is 154 cm³/mol. The quantitative estimate of drug-likeness (QED) is 0.174. The second-order valence-corrected chi connectivity index (χ2v) is 12.1. The van der Waals surface area contributed by atoms with E-state index in [4.69, 9.17) is 8.92 Å². The van der Waals surface area contributed by atoms with E-state index in [1.165, 1.54) is 23.9 Å². The summed E-state index contributed by atoms with van der Waals surface area (Å²) in [7, 11) is -4.07. The van der Waals surface area contributed by atoms with Crippen molar-refractivity contribution >= 4 is 83.2 Å². The lowest BCUT2D eigenvalue weighted by atomic mass is 10.2. The van der Waals surface area contributed by atoms with Crippen LogP contribution in [0.4, 0.5) is 5.69 Å². The molecule has 1 fully saturated rings.